The van der Waals surface area contributed by atoms with Gasteiger partial charge in [0.05, 0.1) is 12.3 Å². The van der Waals surface area contributed by atoms with Gasteiger partial charge in [0.1, 0.15) is 5.69 Å². The molecular weight excluding hydrogens is 190 g/mol. The number of nitrogen functional groups attached to an aromatic ring is 1. The zero-order valence-electron chi connectivity index (χ0n) is 6.80. The second-order valence-electron chi connectivity index (χ2n) is 2.51. The average Bonchev–Trinajstić information content (AvgIpc) is 2.71. The summed E-state index contributed by atoms with van der Waals surface area (Å²) >= 11 is 0. The van der Waals surface area contributed by atoms with E-state index in [9.17, 15) is 10.1 Å². The molecule has 0 amide bonds. The Kier molecular flexibility index (Phi) is 1.67. The molecule has 72 valence electrons. The Morgan fingerprint density at radius 3 is 2.93 bits per heavy atom. The first-order chi connectivity index (χ1) is 6.68. The van der Waals surface area contributed by atoms with E-state index in [1.54, 1.807) is 0 Å². The average molecular weight is 195 g/mol. The van der Waals surface area contributed by atoms with Crippen molar-refractivity contribution >= 4 is 11.5 Å². The van der Waals surface area contributed by atoms with Crippen molar-refractivity contribution < 1.29 is 9.45 Å². The van der Waals surface area contributed by atoms with E-state index < -0.39 is 4.92 Å². The summed E-state index contributed by atoms with van der Waals surface area (Å²) in [6, 6.07) is 1.22. The minimum atomic E-state index is -0.594. The Hall–Kier alpha value is -2.38. The van der Waals surface area contributed by atoms with Crippen LogP contribution >= 0.6 is 0 Å². The van der Waals surface area contributed by atoms with Crippen molar-refractivity contribution in [2.75, 3.05) is 5.73 Å². The van der Waals surface area contributed by atoms with Crippen LogP contribution < -0.4 is 5.73 Å². The fourth-order valence-electron chi connectivity index (χ4n) is 0.963. The van der Waals surface area contributed by atoms with Gasteiger partial charge in [-0.25, -0.2) is 0 Å². The van der Waals surface area contributed by atoms with Crippen LogP contribution in [0.3, 0.4) is 0 Å². The maximum absolute atomic E-state index is 10.3. The molecule has 0 unspecified atom stereocenters. The van der Waals surface area contributed by atoms with Gasteiger partial charge in [0.15, 0.2) is 5.69 Å². The van der Waals surface area contributed by atoms with Crippen LogP contribution in [0, 0.1) is 10.1 Å². The van der Waals surface area contributed by atoms with Gasteiger partial charge in [-0.1, -0.05) is 10.3 Å². The van der Waals surface area contributed by atoms with Crippen molar-refractivity contribution in [1.82, 2.24) is 15.4 Å². The van der Waals surface area contributed by atoms with Crippen LogP contribution in [-0.2, 0) is 0 Å². The number of hydrogen-bond donors (Lipinski definition) is 2. The lowest BCUT2D eigenvalue weighted by molar-refractivity contribution is -0.389. The van der Waals surface area contributed by atoms with Gasteiger partial charge in [-0.15, -0.1) is 5.10 Å². The van der Waals surface area contributed by atoms with Crippen LogP contribution in [0.2, 0.25) is 0 Å². The van der Waals surface area contributed by atoms with Gasteiger partial charge in [-0.3, -0.25) is 0 Å². The van der Waals surface area contributed by atoms with E-state index in [0.29, 0.717) is 0 Å². The van der Waals surface area contributed by atoms with E-state index in [4.69, 9.17) is 10.3 Å². The molecular formula is C6H5N5O3. The number of H-pyrrole nitrogens is 1. The molecule has 0 radical (unpaired) electrons. The number of nitrogens with two attached hydrogens (primary N) is 1. The molecule has 0 saturated heterocycles. The first kappa shape index (κ1) is 8.23. The molecule has 3 N–H and O–H groups in total. The maximum Gasteiger partial charge on any atom is 0.343 e. The smallest absolute Gasteiger partial charge is 0.343 e. The number of anilines is 1. The maximum atomic E-state index is 10.3. The Bertz CT molecular complexity index is 473. The lowest BCUT2D eigenvalue weighted by Gasteiger charge is -1.86. The van der Waals surface area contributed by atoms with Crippen molar-refractivity contribution in [2.24, 2.45) is 0 Å². The highest BCUT2D eigenvalue weighted by molar-refractivity contribution is 5.67. The summed E-state index contributed by atoms with van der Waals surface area (Å²) in [6.45, 7) is 0. The van der Waals surface area contributed by atoms with E-state index in [-0.39, 0.29) is 23.0 Å². The molecule has 0 saturated carbocycles. The molecule has 0 fully saturated rings. The number of hydrogen-bond acceptors (Lipinski definition) is 6. The Morgan fingerprint density at radius 2 is 2.43 bits per heavy atom. The van der Waals surface area contributed by atoms with E-state index in [1.807, 2.05) is 0 Å². The zero-order chi connectivity index (χ0) is 10.1. The fraction of sp³-hybridized carbons (Fsp3) is 0. The van der Waals surface area contributed by atoms with Crippen molar-refractivity contribution in [3.63, 3.8) is 0 Å². The molecule has 14 heavy (non-hydrogen) atoms. The van der Waals surface area contributed by atoms with E-state index in [1.165, 1.54) is 12.3 Å². The summed E-state index contributed by atoms with van der Waals surface area (Å²) in [7, 11) is 0. The minimum Gasteiger partial charge on any atom is -0.394 e. The molecule has 0 aliphatic carbocycles. The minimum absolute atomic E-state index is 0.217. The van der Waals surface area contributed by atoms with Gasteiger partial charge in [-0.2, -0.15) is 0 Å². The van der Waals surface area contributed by atoms with Gasteiger partial charge in [0.2, 0.25) is 5.76 Å². The molecule has 8 heteroatoms. The summed E-state index contributed by atoms with van der Waals surface area (Å²) in [6.07, 6.45) is 1.30. The molecule has 0 spiro atoms. The number of aromatic nitrogens is 3. The molecule has 2 aromatic rings. The predicted molar refractivity (Wildman–Crippen MR) is 45.2 cm³/mol. The third-order valence-corrected chi connectivity index (χ3v) is 1.59. The number of nitrogens with zero attached hydrogens (tertiary/aromatic N) is 3. The van der Waals surface area contributed by atoms with E-state index in [0.717, 1.165) is 0 Å². The Labute approximate surface area is 76.8 Å². The Morgan fingerprint density at radius 1 is 1.64 bits per heavy atom. The van der Waals surface area contributed by atoms with Crippen LogP contribution in [0.15, 0.2) is 16.8 Å². The lowest BCUT2D eigenvalue weighted by atomic mass is 10.3. The second-order valence-corrected chi connectivity index (χ2v) is 2.51. The highest BCUT2D eigenvalue weighted by Crippen LogP contribution is 2.25. The highest BCUT2D eigenvalue weighted by atomic mass is 16.6. The first-order valence-electron chi connectivity index (χ1n) is 3.59. The predicted octanol–water partition coefficient (Wildman–Crippen LogP) is 0.555. The molecule has 0 atom stereocenters. The number of nitro groups is 1. The van der Waals surface area contributed by atoms with Crippen LogP contribution in [0.1, 0.15) is 0 Å². The molecule has 0 aromatic carbocycles. The van der Waals surface area contributed by atoms with Crippen molar-refractivity contribution in [1.29, 1.82) is 0 Å². The summed E-state index contributed by atoms with van der Waals surface area (Å²) in [4.78, 5) is 9.73. The number of aromatic amines is 1. The topological polar surface area (TPSA) is 124 Å². The van der Waals surface area contributed by atoms with Crippen LogP contribution in [0.4, 0.5) is 11.5 Å². The van der Waals surface area contributed by atoms with Gasteiger partial charge in [-0.05, 0) is 4.92 Å². The summed E-state index contributed by atoms with van der Waals surface area (Å²) in [5.41, 5.74) is 6.02. The van der Waals surface area contributed by atoms with Gasteiger partial charge in [0.25, 0.3) is 0 Å². The summed E-state index contributed by atoms with van der Waals surface area (Å²) in [5, 5.41) is 19.6. The Balaban J connectivity index is 2.43. The quantitative estimate of drug-likeness (QED) is 0.532. The van der Waals surface area contributed by atoms with E-state index in [2.05, 4.69) is 15.4 Å². The fourth-order valence-corrected chi connectivity index (χ4v) is 0.963. The second kappa shape index (κ2) is 2.83. The summed E-state index contributed by atoms with van der Waals surface area (Å²) < 4.78 is 4.76. The zero-order valence-corrected chi connectivity index (χ0v) is 6.80. The van der Waals surface area contributed by atoms with Crippen LogP contribution in [0.5, 0.6) is 0 Å². The molecule has 2 heterocycles. The molecule has 0 aliphatic rings. The van der Waals surface area contributed by atoms with Crippen molar-refractivity contribution in [2.45, 2.75) is 0 Å². The summed E-state index contributed by atoms with van der Waals surface area (Å²) in [5.74, 6) is -0.00912. The van der Waals surface area contributed by atoms with Gasteiger partial charge < -0.3 is 20.4 Å². The third-order valence-electron chi connectivity index (χ3n) is 1.59. The van der Waals surface area contributed by atoms with Crippen molar-refractivity contribution in [3.8, 4) is 11.5 Å². The number of nitrogens with one attached hydrogen (secondary N) is 1. The number of rotatable bonds is 2. The van der Waals surface area contributed by atoms with Crippen LogP contribution in [0.25, 0.3) is 11.5 Å². The normalized spacial score (nSPS) is 10.3. The highest BCUT2D eigenvalue weighted by Gasteiger charge is 2.16. The molecule has 0 bridgehead atoms. The van der Waals surface area contributed by atoms with Gasteiger partial charge in [0, 0.05) is 0 Å². The van der Waals surface area contributed by atoms with Gasteiger partial charge >= 0.3 is 5.82 Å². The SMILES string of the molecule is Nc1cnoc1-c1cc([N+](=O)[O-])[nH]n1. The van der Waals surface area contributed by atoms with Crippen molar-refractivity contribution in [3.05, 3.63) is 22.4 Å². The largest absolute Gasteiger partial charge is 0.394 e. The standard InChI is InChI=1S/C6H5N5O3/c7-3-2-8-14-6(3)4-1-5(10-9-4)11(12)13/h1-2H,7H2,(H,9,10). The lowest BCUT2D eigenvalue weighted by Crippen LogP contribution is -1.86. The van der Waals surface area contributed by atoms with Crippen LogP contribution in [-0.4, -0.2) is 20.3 Å². The molecule has 2 rings (SSSR count). The molecule has 0 aliphatic heterocycles. The molecule has 2 aromatic heterocycles. The van der Waals surface area contributed by atoms with E-state index >= 15 is 0 Å². The molecule has 8 nitrogen and oxygen atoms in total. The third kappa shape index (κ3) is 1.18. The first-order valence-corrected chi connectivity index (χ1v) is 3.59. The monoisotopic (exact) mass is 195 g/mol.